The molecule has 2 N–H and O–H groups in total. The van der Waals surface area contributed by atoms with Crippen LogP contribution in [0.3, 0.4) is 0 Å². The summed E-state index contributed by atoms with van der Waals surface area (Å²) < 4.78 is 11.2. The van der Waals surface area contributed by atoms with Crippen LogP contribution in [-0.4, -0.2) is 80.9 Å². The number of piperazine rings is 1. The minimum absolute atomic E-state index is 0.0763. The Hall–Kier alpha value is -0.690. The summed E-state index contributed by atoms with van der Waals surface area (Å²) in [6, 6.07) is 0. The Balaban J connectivity index is 1.78. The van der Waals surface area contributed by atoms with Crippen LogP contribution >= 0.6 is 0 Å². The summed E-state index contributed by atoms with van der Waals surface area (Å²) in [5.74, 6) is 0.0763. The van der Waals surface area contributed by atoms with Gasteiger partial charge in [0, 0.05) is 58.8 Å². The van der Waals surface area contributed by atoms with E-state index in [2.05, 4.69) is 11.9 Å². The molecule has 2 aliphatic heterocycles. The van der Waals surface area contributed by atoms with Crippen LogP contribution in [0.5, 0.6) is 0 Å². The van der Waals surface area contributed by atoms with Crippen LogP contribution in [0.2, 0.25) is 0 Å². The lowest BCUT2D eigenvalue weighted by atomic mass is 9.94. The van der Waals surface area contributed by atoms with Gasteiger partial charge in [0.2, 0.25) is 5.91 Å². The molecule has 110 valence electrons. The normalized spacial score (nSPS) is 24.4. The molecule has 6 nitrogen and oxygen atoms in total. The molecule has 0 aromatic heterocycles. The molecule has 0 aromatic rings. The van der Waals surface area contributed by atoms with Crippen molar-refractivity contribution in [1.29, 1.82) is 0 Å². The molecule has 6 heteroatoms. The number of amides is 1. The second-order valence-electron chi connectivity index (χ2n) is 5.47. The quantitative estimate of drug-likeness (QED) is 0.731. The number of hydrogen-bond donors (Lipinski definition) is 1. The second kappa shape index (κ2) is 6.65. The lowest BCUT2D eigenvalue weighted by Gasteiger charge is -2.37. The summed E-state index contributed by atoms with van der Waals surface area (Å²) in [5.41, 5.74) is 5.45. The molecule has 2 rings (SSSR count). The summed E-state index contributed by atoms with van der Waals surface area (Å²) in [6.07, 6.45) is 1.55. The average Bonchev–Trinajstić information content (AvgIpc) is 2.46. The van der Waals surface area contributed by atoms with Crippen LogP contribution in [0, 0.1) is 0 Å². The molecule has 0 radical (unpaired) electrons. The van der Waals surface area contributed by atoms with Gasteiger partial charge in [0.25, 0.3) is 0 Å². The van der Waals surface area contributed by atoms with Crippen molar-refractivity contribution < 1.29 is 14.3 Å². The van der Waals surface area contributed by atoms with E-state index in [4.69, 9.17) is 15.2 Å². The standard InChI is InChI=1S/C13H25N3O3/c1-15-4-6-16(7-5-15)12(17)10-19-13(11-14)2-8-18-9-3-13/h2-11,14H2,1H3. The van der Waals surface area contributed by atoms with E-state index in [0.29, 0.717) is 19.8 Å². The fraction of sp³-hybridized carbons (Fsp3) is 0.923. The van der Waals surface area contributed by atoms with E-state index in [1.165, 1.54) is 0 Å². The van der Waals surface area contributed by atoms with Crippen LogP contribution in [-0.2, 0) is 14.3 Å². The van der Waals surface area contributed by atoms with Crippen molar-refractivity contribution in [3.05, 3.63) is 0 Å². The van der Waals surface area contributed by atoms with Crippen LogP contribution in [0.15, 0.2) is 0 Å². The van der Waals surface area contributed by atoms with Crippen LogP contribution < -0.4 is 5.73 Å². The monoisotopic (exact) mass is 271 g/mol. The summed E-state index contributed by atoms with van der Waals surface area (Å²) >= 11 is 0. The highest BCUT2D eigenvalue weighted by Crippen LogP contribution is 2.24. The topological polar surface area (TPSA) is 68.0 Å². The van der Waals surface area contributed by atoms with Gasteiger partial charge in [-0.1, -0.05) is 0 Å². The predicted octanol–water partition coefficient (Wildman–Crippen LogP) is -0.715. The van der Waals surface area contributed by atoms with Crippen molar-refractivity contribution in [2.24, 2.45) is 5.73 Å². The van der Waals surface area contributed by atoms with Gasteiger partial charge in [0.1, 0.15) is 6.61 Å². The molecular formula is C13H25N3O3. The molecule has 2 saturated heterocycles. The summed E-state index contributed by atoms with van der Waals surface area (Å²) in [7, 11) is 2.07. The number of carbonyl (C=O) groups is 1. The van der Waals surface area contributed by atoms with E-state index in [9.17, 15) is 4.79 Å². The minimum atomic E-state index is -0.361. The zero-order chi connectivity index (χ0) is 13.7. The highest BCUT2D eigenvalue weighted by molar-refractivity contribution is 5.77. The Morgan fingerprint density at radius 2 is 1.89 bits per heavy atom. The summed E-state index contributed by atoms with van der Waals surface area (Å²) in [5, 5.41) is 0. The van der Waals surface area contributed by atoms with Crippen LogP contribution in [0.25, 0.3) is 0 Å². The molecule has 19 heavy (non-hydrogen) atoms. The molecule has 2 aliphatic rings. The number of nitrogens with two attached hydrogens (primary N) is 1. The predicted molar refractivity (Wildman–Crippen MR) is 71.9 cm³/mol. The Morgan fingerprint density at radius 1 is 1.26 bits per heavy atom. The number of likely N-dealkylation sites (N-methyl/N-ethyl adjacent to an activating group) is 1. The molecule has 0 unspecified atom stereocenters. The Kier molecular flexibility index (Phi) is 5.15. The average molecular weight is 271 g/mol. The third-order valence-electron chi connectivity index (χ3n) is 4.13. The third-order valence-corrected chi connectivity index (χ3v) is 4.13. The maximum absolute atomic E-state index is 12.1. The highest BCUT2D eigenvalue weighted by Gasteiger charge is 2.33. The molecule has 2 heterocycles. The van der Waals surface area contributed by atoms with Crippen molar-refractivity contribution >= 4 is 5.91 Å². The molecular weight excluding hydrogens is 246 g/mol. The van der Waals surface area contributed by atoms with Gasteiger partial charge in [0.05, 0.1) is 5.60 Å². The van der Waals surface area contributed by atoms with Gasteiger partial charge in [-0.15, -0.1) is 0 Å². The molecule has 1 amide bonds. The Morgan fingerprint density at radius 3 is 2.47 bits per heavy atom. The van der Waals surface area contributed by atoms with Gasteiger partial charge in [-0.05, 0) is 7.05 Å². The molecule has 0 aromatic carbocycles. The first-order chi connectivity index (χ1) is 9.15. The van der Waals surface area contributed by atoms with Crippen molar-refractivity contribution in [3.8, 4) is 0 Å². The molecule has 0 atom stereocenters. The lowest BCUT2D eigenvalue weighted by Crippen LogP contribution is -2.51. The summed E-state index contributed by atoms with van der Waals surface area (Å²) in [6.45, 7) is 5.37. The van der Waals surface area contributed by atoms with E-state index in [1.54, 1.807) is 0 Å². The smallest absolute Gasteiger partial charge is 0.248 e. The fourth-order valence-electron chi connectivity index (χ4n) is 2.51. The van der Waals surface area contributed by atoms with E-state index >= 15 is 0 Å². The van der Waals surface area contributed by atoms with Gasteiger partial charge < -0.3 is 25.0 Å². The van der Waals surface area contributed by atoms with Gasteiger partial charge in [-0.25, -0.2) is 0 Å². The minimum Gasteiger partial charge on any atom is -0.381 e. The Labute approximate surface area is 114 Å². The van der Waals surface area contributed by atoms with Crippen molar-refractivity contribution in [3.63, 3.8) is 0 Å². The molecule has 0 aliphatic carbocycles. The number of nitrogens with zero attached hydrogens (tertiary/aromatic N) is 2. The SMILES string of the molecule is CN1CCN(C(=O)COC2(CN)CCOCC2)CC1. The van der Waals surface area contributed by atoms with Crippen molar-refractivity contribution in [2.75, 3.05) is 59.6 Å². The van der Waals surface area contributed by atoms with E-state index in [0.717, 1.165) is 39.0 Å². The van der Waals surface area contributed by atoms with Gasteiger partial charge in [-0.2, -0.15) is 0 Å². The summed E-state index contributed by atoms with van der Waals surface area (Å²) in [4.78, 5) is 16.2. The molecule has 0 spiro atoms. The Bertz CT molecular complexity index is 298. The first-order valence-corrected chi connectivity index (χ1v) is 7.03. The van der Waals surface area contributed by atoms with Gasteiger partial charge in [-0.3, -0.25) is 4.79 Å². The second-order valence-corrected chi connectivity index (χ2v) is 5.47. The zero-order valence-electron chi connectivity index (χ0n) is 11.8. The number of hydrogen-bond acceptors (Lipinski definition) is 5. The van der Waals surface area contributed by atoms with E-state index < -0.39 is 0 Å². The zero-order valence-corrected chi connectivity index (χ0v) is 11.8. The third kappa shape index (κ3) is 3.89. The largest absolute Gasteiger partial charge is 0.381 e. The first-order valence-electron chi connectivity index (χ1n) is 7.03. The van der Waals surface area contributed by atoms with Crippen LogP contribution in [0.4, 0.5) is 0 Å². The van der Waals surface area contributed by atoms with Crippen molar-refractivity contribution in [2.45, 2.75) is 18.4 Å². The van der Waals surface area contributed by atoms with Gasteiger partial charge in [0.15, 0.2) is 0 Å². The molecule has 2 fully saturated rings. The fourth-order valence-corrected chi connectivity index (χ4v) is 2.51. The maximum atomic E-state index is 12.1. The lowest BCUT2D eigenvalue weighted by molar-refractivity contribution is -0.152. The first kappa shape index (κ1) is 14.7. The number of rotatable bonds is 4. The number of carbonyl (C=O) groups excluding carboxylic acids is 1. The van der Waals surface area contributed by atoms with Crippen molar-refractivity contribution in [1.82, 2.24) is 9.80 Å². The van der Waals surface area contributed by atoms with Gasteiger partial charge >= 0.3 is 0 Å². The molecule has 0 saturated carbocycles. The maximum Gasteiger partial charge on any atom is 0.248 e. The van der Waals surface area contributed by atoms with Crippen LogP contribution in [0.1, 0.15) is 12.8 Å². The molecule has 0 bridgehead atoms. The highest BCUT2D eigenvalue weighted by atomic mass is 16.5. The number of ether oxygens (including phenoxy) is 2. The van der Waals surface area contributed by atoms with E-state index in [-0.39, 0.29) is 18.1 Å². The van der Waals surface area contributed by atoms with E-state index in [1.807, 2.05) is 4.90 Å².